The van der Waals surface area contributed by atoms with E-state index in [-0.39, 0.29) is 6.10 Å². The van der Waals surface area contributed by atoms with Crippen LogP contribution in [0.2, 0.25) is 0 Å². The molecule has 5 nitrogen and oxygen atoms in total. The highest BCUT2D eigenvalue weighted by Crippen LogP contribution is 2.33. The van der Waals surface area contributed by atoms with E-state index < -0.39 is 24.0 Å². The molecule has 0 saturated carbocycles. The number of ether oxygens (including phenoxy) is 3. The number of carbonyl (C=O) groups is 1. The van der Waals surface area contributed by atoms with Gasteiger partial charge >= 0.3 is 5.97 Å². The van der Waals surface area contributed by atoms with Gasteiger partial charge in [-0.1, -0.05) is 12.5 Å². The Kier molecular flexibility index (Phi) is 5.97. The van der Waals surface area contributed by atoms with Gasteiger partial charge in [-0.15, -0.1) is 6.58 Å². The Balaban J connectivity index is 2.59. The van der Waals surface area contributed by atoms with E-state index in [0.29, 0.717) is 0 Å². The SMILES string of the molecule is C=CCCCC[C@H]1OC(C)(C)O[C@@H]1[C@@H](O)C(=O)OC. The zero-order valence-electron chi connectivity index (χ0n) is 11.9. The van der Waals surface area contributed by atoms with Crippen molar-refractivity contribution in [3.63, 3.8) is 0 Å². The summed E-state index contributed by atoms with van der Waals surface area (Å²) in [7, 11) is 1.24. The first kappa shape index (κ1) is 16.1. The van der Waals surface area contributed by atoms with Crippen molar-refractivity contribution in [2.75, 3.05) is 7.11 Å². The van der Waals surface area contributed by atoms with Gasteiger partial charge < -0.3 is 19.3 Å². The molecule has 110 valence electrons. The number of unbranched alkanes of at least 4 members (excludes halogenated alkanes) is 2. The van der Waals surface area contributed by atoms with Gasteiger partial charge in [-0.25, -0.2) is 4.79 Å². The van der Waals surface area contributed by atoms with Gasteiger partial charge in [0.25, 0.3) is 0 Å². The molecular formula is C14H24O5. The van der Waals surface area contributed by atoms with Crippen LogP contribution in [0.5, 0.6) is 0 Å². The van der Waals surface area contributed by atoms with Crippen LogP contribution in [0.1, 0.15) is 39.5 Å². The van der Waals surface area contributed by atoms with Crippen molar-refractivity contribution >= 4 is 5.97 Å². The van der Waals surface area contributed by atoms with Gasteiger partial charge in [-0.3, -0.25) is 0 Å². The summed E-state index contributed by atoms with van der Waals surface area (Å²) in [6.07, 6.45) is 3.20. The number of allylic oxidation sites excluding steroid dienone is 1. The molecule has 1 rings (SSSR count). The number of hydrogen-bond donors (Lipinski definition) is 1. The molecule has 1 heterocycles. The average Bonchev–Trinajstić information content (AvgIpc) is 2.68. The van der Waals surface area contributed by atoms with Crippen molar-refractivity contribution in [2.45, 2.75) is 63.6 Å². The highest BCUT2D eigenvalue weighted by Gasteiger charge is 2.46. The zero-order valence-corrected chi connectivity index (χ0v) is 11.9. The van der Waals surface area contributed by atoms with Gasteiger partial charge in [0.2, 0.25) is 0 Å². The van der Waals surface area contributed by atoms with E-state index in [1.54, 1.807) is 13.8 Å². The third kappa shape index (κ3) is 4.60. The molecule has 0 aromatic carbocycles. The summed E-state index contributed by atoms with van der Waals surface area (Å²) >= 11 is 0. The van der Waals surface area contributed by atoms with Crippen molar-refractivity contribution in [3.8, 4) is 0 Å². The third-order valence-corrected chi connectivity index (χ3v) is 3.12. The summed E-state index contributed by atoms with van der Waals surface area (Å²) < 4.78 is 15.9. The van der Waals surface area contributed by atoms with Gasteiger partial charge in [-0.2, -0.15) is 0 Å². The molecular weight excluding hydrogens is 248 g/mol. The maximum Gasteiger partial charge on any atom is 0.337 e. The standard InChI is InChI=1S/C14H24O5/c1-5-6-7-8-9-10-12(11(15)13(16)17-4)19-14(2,3)18-10/h5,10-12,15H,1,6-9H2,2-4H3/t10-,11-,12+/m1/s1. The molecule has 5 heteroatoms. The van der Waals surface area contributed by atoms with Crippen LogP contribution in [-0.4, -0.2) is 42.3 Å². The van der Waals surface area contributed by atoms with Crippen LogP contribution >= 0.6 is 0 Å². The fourth-order valence-electron chi connectivity index (χ4n) is 2.24. The molecule has 0 aromatic heterocycles. The van der Waals surface area contributed by atoms with Crippen molar-refractivity contribution < 1.29 is 24.1 Å². The molecule has 3 atom stereocenters. The molecule has 0 amide bonds. The van der Waals surface area contributed by atoms with Crippen molar-refractivity contribution in [3.05, 3.63) is 12.7 Å². The Morgan fingerprint density at radius 2 is 2.16 bits per heavy atom. The van der Waals surface area contributed by atoms with Crippen molar-refractivity contribution in [2.24, 2.45) is 0 Å². The number of hydrogen-bond acceptors (Lipinski definition) is 5. The first-order valence-corrected chi connectivity index (χ1v) is 6.63. The van der Waals surface area contributed by atoms with Crippen LogP contribution < -0.4 is 0 Å². The van der Waals surface area contributed by atoms with E-state index in [2.05, 4.69) is 11.3 Å². The minimum absolute atomic E-state index is 0.297. The van der Waals surface area contributed by atoms with Crippen LogP contribution in [0.3, 0.4) is 0 Å². The molecule has 0 spiro atoms. The first-order chi connectivity index (χ1) is 8.91. The van der Waals surface area contributed by atoms with Crippen LogP contribution in [0, 0.1) is 0 Å². The molecule has 19 heavy (non-hydrogen) atoms. The molecule has 1 aliphatic rings. The number of esters is 1. The lowest BCUT2D eigenvalue weighted by molar-refractivity contribution is -0.170. The number of carbonyl (C=O) groups excluding carboxylic acids is 1. The lowest BCUT2D eigenvalue weighted by atomic mass is 10.0. The molecule has 0 radical (unpaired) electrons. The van der Waals surface area contributed by atoms with Crippen LogP contribution in [0.4, 0.5) is 0 Å². The van der Waals surface area contributed by atoms with Crippen LogP contribution in [0.15, 0.2) is 12.7 Å². The van der Waals surface area contributed by atoms with Gasteiger partial charge in [0.05, 0.1) is 13.2 Å². The Bertz CT molecular complexity index is 313. The molecule has 0 unspecified atom stereocenters. The monoisotopic (exact) mass is 272 g/mol. The van der Waals surface area contributed by atoms with Crippen molar-refractivity contribution in [1.82, 2.24) is 0 Å². The van der Waals surface area contributed by atoms with E-state index in [1.807, 2.05) is 6.08 Å². The molecule has 0 aromatic rings. The summed E-state index contributed by atoms with van der Waals surface area (Å²) in [5.74, 6) is -1.48. The lowest BCUT2D eigenvalue weighted by Crippen LogP contribution is -2.41. The van der Waals surface area contributed by atoms with Crippen LogP contribution in [0.25, 0.3) is 0 Å². The summed E-state index contributed by atoms with van der Waals surface area (Å²) in [6.45, 7) is 7.22. The van der Waals surface area contributed by atoms with E-state index >= 15 is 0 Å². The van der Waals surface area contributed by atoms with E-state index in [4.69, 9.17) is 9.47 Å². The molecule has 1 fully saturated rings. The highest BCUT2D eigenvalue weighted by atomic mass is 16.8. The summed E-state index contributed by atoms with van der Waals surface area (Å²) in [6, 6.07) is 0. The van der Waals surface area contributed by atoms with E-state index in [1.165, 1.54) is 7.11 Å². The number of aliphatic hydroxyl groups is 1. The van der Waals surface area contributed by atoms with E-state index in [0.717, 1.165) is 25.7 Å². The lowest BCUT2D eigenvalue weighted by Gasteiger charge is -2.20. The Hall–Kier alpha value is -0.910. The molecule has 1 N–H and O–H groups in total. The predicted octanol–water partition coefficient (Wildman–Crippen LogP) is 1.79. The van der Waals surface area contributed by atoms with Gasteiger partial charge in [-0.05, 0) is 33.1 Å². The number of aliphatic hydroxyl groups excluding tert-OH is 1. The van der Waals surface area contributed by atoms with E-state index in [9.17, 15) is 9.90 Å². The third-order valence-electron chi connectivity index (χ3n) is 3.12. The van der Waals surface area contributed by atoms with Gasteiger partial charge in [0, 0.05) is 0 Å². The summed E-state index contributed by atoms with van der Waals surface area (Å²) in [4.78, 5) is 11.4. The Labute approximate surface area is 114 Å². The topological polar surface area (TPSA) is 65.0 Å². The minimum Gasteiger partial charge on any atom is -0.467 e. The second-order valence-electron chi connectivity index (χ2n) is 5.18. The number of methoxy groups -OCH3 is 1. The predicted molar refractivity (Wildman–Crippen MR) is 70.5 cm³/mol. The largest absolute Gasteiger partial charge is 0.467 e. The fraction of sp³-hybridized carbons (Fsp3) is 0.786. The summed E-state index contributed by atoms with van der Waals surface area (Å²) in [5, 5.41) is 9.93. The van der Waals surface area contributed by atoms with Gasteiger partial charge in [0.1, 0.15) is 6.10 Å². The zero-order chi connectivity index (χ0) is 14.5. The van der Waals surface area contributed by atoms with Crippen molar-refractivity contribution in [1.29, 1.82) is 0 Å². The molecule has 1 saturated heterocycles. The minimum atomic E-state index is -1.31. The molecule has 0 bridgehead atoms. The smallest absolute Gasteiger partial charge is 0.337 e. The number of rotatable bonds is 7. The maximum absolute atomic E-state index is 11.4. The Morgan fingerprint density at radius 1 is 1.47 bits per heavy atom. The second kappa shape index (κ2) is 7.03. The molecule has 0 aliphatic carbocycles. The second-order valence-corrected chi connectivity index (χ2v) is 5.18. The van der Waals surface area contributed by atoms with Crippen LogP contribution in [-0.2, 0) is 19.0 Å². The maximum atomic E-state index is 11.4. The first-order valence-electron chi connectivity index (χ1n) is 6.63. The normalized spacial score (nSPS) is 26.9. The molecule has 1 aliphatic heterocycles. The van der Waals surface area contributed by atoms with Gasteiger partial charge in [0.15, 0.2) is 11.9 Å². The average molecular weight is 272 g/mol. The highest BCUT2D eigenvalue weighted by molar-refractivity contribution is 5.75. The quantitative estimate of drug-likeness (QED) is 0.435. The Morgan fingerprint density at radius 3 is 2.74 bits per heavy atom. The summed E-state index contributed by atoms with van der Waals surface area (Å²) in [5.41, 5.74) is 0. The fourth-order valence-corrected chi connectivity index (χ4v) is 2.24.